The number of rotatable bonds is 4. The van der Waals surface area contributed by atoms with Crippen LogP contribution in [-0.2, 0) is 6.54 Å². The predicted octanol–water partition coefficient (Wildman–Crippen LogP) is 1.16. The molecular formula is C14H22N4O. The largest absolute Gasteiger partial charge is 0.297 e. The van der Waals surface area contributed by atoms with Gasteiger partial charge in [0.2, 0.25) is 0 Å². The predicted molar refractivity (Wildman–Crippen MR) is 74.1 cm³/mol. The Morgan fingerprint density at radius 2 is 2.37 bits per heavy atom. The van der Waals surface area contributed by atoms with E-state index in [-0.39, 0.29) is 5.91 Å². The molecule has 1 atom stereocenters. The zero-order valence-corrected chi connectivity index (χ0v) is 11.6. The van der Waals surface area contributed by atoms with Crippen LogP contribution in [-0.4, -0.2) is 28.9 Å². The van der Waals surface area contributed by atoms with Crippen molar-refractivity contribution in [2.45, 2.75) is 26.8 Å². The van der Waals surface area contributed by atoms with E-state index >= 15 is 0 Å². The summed E-state index contributed by atoms with van der Waals surface area (Å²) in [6.07, 6.45) is 1.25. The smallest absolute Gasteiger partial charge is 0.283 e. The van der Waals surface area contributed by atoms with Gasteiger partial charge in [-0.05, 0) is 36.9 Å². The number of nitrogens with zero attached hydrogens (tertiary/aromatic N) is 2. The standard InChI is InChI=1S/C14H22N4O/c1-10(2)11-6-7-18(8-11)9-12-4-3-5-13(16-12)14(19)17-15/h3-5,10-11H,6-9,15H2,1-2H3,(H,17,19). The van der Waals surface area contributed by atoms with Gasteiger partial charge in [0.1, 0.15) is 5.69 Å². The lowest BCUT2D eigenvalue weighted by Crippen LogP contribution is -2.31. The van der Waals surface area contributed by atoms with Crippen LogP contribution in [0.4, 0.5) is 0 Å². The van der Waals surface area contributed by atoms with E-state index in [1.165, 1.54) is 6.42 Å². The second-order valence-electron chi connectivity index (χ2n) is 5.52. The van der Waals surface area contributed by atoms with Gasteiger partial charge < -0.3 is 0 Å². The molecule has 3 N–H and O–H groups in total. The number of nitrogens with one attached hydrogen (secondary N) is 1. The van der Waals surface area contributed by atoms with E-state index in [0.717, 1.165) is 37.2 Å². The summed E-state index contributed by atoms with van der Waals surface area (Å²) >= 11 is 0. The number of nitrogen functional groups attached to an aromatic ring is 1. The summed E-state index contributed by atoms with van der Waals surface area (Å²) in [4.78, 5) is 18.2. The van der Waals surface area contributed by atoms with E-state index < -0.39 is 0 Å². The first-order valence-corrected chi connectivity index (χ1v) is 6.79. The van der Waals surface area contributed by atoms with Crippen molar-refractivity contribution in [1.82, 2.24) is 15.3 Å². The third-order valence-electron chi connectivity index (χ3n) is 3.81. The molecule has 0 aromatic carbocycles. The van der Waals surface area contributed by atoms with Crippen LogP contribution in [0, 0.1) is 11.8 Å². The average Bonchev–Trinajstić information content (AvgIpc) is 2.87. The number of pyridine rings is 1. The first-order chi connectivity index (χ1) is 9.10. The van der Waals surface area contributed by atoms with Gasteiger partial charge in [0.05, 0.1) is 5.69 Å². The molecule has 0 aliphatic carbocycles. The third-order valence-corrected chi connectivity index (χ3v) is 3.81. The molecule has 1 unspecified atom stereocenters. The minimum absolute atomic E-state index is 0.344. The minimum atomic E-state index is -0.344. The lowest BCUT2D eigenvalue weighted by atomic mass is 9.95. The first kappa shape index (κ1) is 14.0. The van der Waals surface area contributed by atoms with Crippen molar-refractivity contribution in [1.29, 1.82) is 0 Å². The molecule has 1 fully saturated rings. The Kier molecular flexibility index (Phi) is 4.50. The Morgan fingerprint density at radius 3 is 3.00 bits per heavy atom. The summed E-state index contributed by atoms with van der Waals surface area (Å²) in [5, 5.41) is 0. The highest BCUT2D eigenvalue weighted by molar-refractivity contribution is 5.91. The fraction of sp³-hybridized carbons (Fsp3) is 0.571. The van der Waals surface area contributed by atoms with Gasteiger partial charge in [-0.1, -0.05) is 19.9 Å². The van der Waals surface area contributed by atoms with Crippen LogP contribution in [0.5, 0.6) is 0 Å². The number of carbonyl (C=O) groups excluding carboxylic acids is 1. The summed E-state index contributed by atoms with van der Waals surface area (Å²) in [6.45, 7) is 7.58. The molecule has 1 aliphatic heterocycles. The number of amides is 1. The van der Waals surface area contributed by atoms with E-state index in [0.29, 0.717) is 5.69 Å². The van der Waals surface area contributed by atoms with E-state index in [4.69, 9.17) is 5.84 Å². The topological polar surface area (TPSA) is 71.2 Å². The maximum absolute atomic E-state index is 11.4. The van der Waals surface area contributed by atoms with Gasteiger partial charge in [-0.15, -0.1) is 0 Å². The Morgan fingerprint density at radius 1 is 1.58 bits per heavy atom. The molecule has 5 heteroatoms. The van der Waals surface area contributed by atoms with Crippen molar-refractivity contribution >= 4 is 5.91 Å². The van der Waals surface area contributed by atoms with Crippen LogP contribution in [0.2, 0.25) is 0 Å². The van der Waals surface area contributed by atoms with Gasteiger partial charge in [-0.25, -0.2) is 10.8 Å². The van der Waals surface area contributed by atoms with Crippen molar-refractivity contribution in [3.63, 3.8) is 0 Å². The molecule has 19 heavy (non-hydrogen) atoms. The lowest BCUT2D eigenvalue weighted by Gasteiger charge is -2.17. The molecule has 1 aromatic heterocycles. The molecule has 1 saturated heterocycles. The third kappa shape index (κ3) is 3.52. The molecule has 1 amide bonds. The van der Waals surface area contributed by atoms with Gasteiger partial charge in [-0.3, -0.25) is 15.1 Å². The number of aromatic nitrogens is 1. The summed E-state index contributed by atoms with van der Waals surface area (Å²) in [7, 11) is 0. The normalized spacial score (nSPS) is 19.9. The van der Waals surface area contributed by atoms with Crippen LogP contribution >= 0.6 is 0 Å². The number of nitrogens with two attached hydrogens (primary N) is 1. The molecular weight excluding hydrogens is 240 g/mol. The fourth-order valence-corrected chi connectivity index (χ4v) is 2.55. The summed E-state index contributed by atoms with van der Waals surface area (Å²) < 4.78 is 0. The van der Waals surface area contributed by atoms with Gasteiger partial charge in [0, 0.05) is 13.1 Å². The molecule has 1 aromatic rings. The maximum atomic E-state index is 11.4. The van der Waals surface area contributed by atoms with Crippen molar-refractivity contribution in [2.75, 3.05) is 13.1 Å². The van der Waals surface area contributed by atoms with Crippen molar-refractivity contribution < 1.29 is 4.79 Å². The quantitative estimate of drug-likeness (QED) is 0.485. The Labute approximate surface area is 114 Å². The Hall–Kier alpha value is -1.46. The Bertz CT molecular complexity index is 447. The highest BCUT2D eigenvalue weighted by Crippen LogP contribution is 2.24. The zero-order valence-electron chi connectivity index (χ0n) is 11.6. The fourth-order valence-electron chi connectivity index (χ4n) is 2.55. The Balaban J connectivity index is 1.98. The molecule has 2 heterocycles. The maximum Gasteiger partial charge on any atom is 0.283 e. The van der Waals surface area contributed by atoms with Gasteiger partial charge >= 0.3 is 0 Å². The molecule has 104 valence electrons. The van der Waals surface area contributed by atoms with Crippen molar-refractivity contribution in [2.24, 2.45) is 17.7 Å². The molecule has 5 nitrogen and oxygen atoms in total. The molecule has 0 bridgehead atoms. The van der Waals surface area contributed by atoms with Crippen LogP contribution < -0.4 is 11.3 Å². The summed E-state index contributed by atoms with van der Waals surface area (Å²) in [5.41, 5.74) is 3.41. The van der Waals surface area contributed by atoms with Crippen molar-refractivity contribution in [3.05, 3.63) is 29.6 Å². The lowest BCUT2D eigenvalue weighted by molar-refractivity contribution is 0.0948. The van der Waals surface area contributed by atoms with E-state index in [1.807, 2.05) is 12.1 Å². The number of likely N-dealkylation sites (tertiary alicyclic amines) is 1. The molecule has 2 rings (SSSR count). The molecule has 1 aliphatic rings. The number of hydrogen-bond donors (Lipinski definition) is 2. The molecule has 0 saturated carbocycles. The van der Waals surface area contributed by atoms with E-state index in [9.17, 15) is 4.79 Å². The minimum Gasteiger partial charge on any atom is -0.297 e. The van der Waals surface area contributed by atoms with Crippen LogP contribution in [0.3, 0.4) is 0 Å². The second-order valence-corrected chi connectivity index (χ2v) is 5.52. The van der Waals surface area contributed by atoms with Crippen molar-refractivity contribution in [3.8, 4) is 0 Å². The monoisotopic (exact) mass is 262 g/mol. The summed E-state index contributed by atoms with van der Waals surface area (Å²) in [6, 6.07) is 5.48. The SMILES string of the molecule is CC(C)C1CCN(Cc2cccc(C(=O)NN)n2)C1. The van der Waals surface area contributed by atoms with E-state index in [1.54, 1.807) is 6.07 Å². The summed E-state index contributed by atoms with van der Waals surface area (Å²) in [5.74, 6) is 6.28. The average molecular weight is 262 g/mol. The number of hydrogen-bond acceptors (Lipinski definition) is 4. The van der Waals surface area contributed by atoms with Gasteiger partial charge in [0.15, 0.2) is 0 Å². The second kappa shape index (κ2) is 6.12. The van der Waals surface area contributed by atoms with Crippen LogP contribution in [0.1, 0.15) is 36.5 Å². The number of hydrazine groups is 1. The van der Waals surface area contributed by atoms with Gasteiger partial charge in [-0.2, -0.15) is 0 Å². The van der Waals surface area contributed by atoms with Crippen LogP contribution in [0.25, 0.3) is 0 Å². The first-order valence-electron chi connectivity index (χ1n) is 6.79. The number of carbonyl (C=O) groups is 1. The molecule has 0 spiro atoms. The molecule has 0 radical (unpaired) electrons. The highest BCUT2D eigenvalue weighted by Gasteiger charge is 2.24. The van der Waals surface area contributed by atoms with Gasteiger partial charge in [0.25, 0.3) is 5.91 Å². The highest BCUT2D eigenvalue weighted by atomic mass is 16.2. The van der Waals surface area contributed by atoms with Crippen LogP contribution in [0.15, 0.2) is 18.2 Å². The zero-order chi connectivity index (χ0) is 13.8. The van der Waals surface area contributed by atoms with E-state index in [2.05, 4.69) is 29.2 Å².